The fourth-order valence-electron chi connectivity index (χ4n) is 4.75. The van der Waals surface area contributed by atoms with Crippen molar-refractivity contribution in [1.29, 1.82) is 0 Å². The first-order valence-corrected chi connectivity index (χ1v) is 10.6. The normalized spacial score (nSPS) is 29.1. The summed E-state index contributed by atoms with van der Waals surface area (Å²) in [5.41, 5.74) is 1.63. The average Bonchev–Trinajstić information content (AvgIpc) is 3.08. The largest absolute Gasteiger partial charge is 0.348 e. The summed E-state index contributed by atoms with van der Waals surface area (Å²) in [7, 11) is 0. The van der Waals surface area contributed by atoms with E-state index in [2.05, 4.69) is 31.1 Å². The van der Waals surface area contributed by atoms with Crippen LogP contribution in [0.5, 0.6) is 0 Å². The van der Waals surface area contributed by atoms with E-state index < -0.39 is 0 Å². The summed E-state index contributed by atoms with van der Waals surface area (Å²) in [6.07, 6.45) is 2.36. The second kappa shape index (κ2) is 6.50. The van der Waals surface area contributed by atoms with E-state index in [-0.39, 0.29) is 11.9 Å². The maximum Gasteiger partial charge on any atom is 0.271 e. The molecule has 3 fully saturated rings. The predicted octanol–water partition coefficient (Wildman–Crippen LogP) is 5.92. The van der Waals surface area contributed by atoms with Gasteiger partial charge in [0, 0.05) is 17.0 Å². The maximum atomic E-state index is 12.7. The first-order chi connectivity index (χ1) is 12.3. The van der Waals surface area contributed by atoms with Crippen LogP contribution < -0.4 is 5.32 Å². The predicted molar refractivity (Wildman–Crippen MR) is 108 cm³/mol. The van der Waals surface area contributed by atoms with E-state index in [4.69, 9.17) is 23.2 Å². The van der Waals surface area contributed by atoms with Crippen molar-refractivity contribution in [3.05, 3.63) is 39.3 Å². The molecule has 0 spiro atoms. The molecule has 0 saturated heterocycles. The minimum atomic E-state index is -0.0957. The molecule has 4 atom stereocenters. The van der Waals surface area contributed by atoms with Crippen LogP contribution in [0.15, 0.2) is 23.6 Å². The Morgan fingerprint density at radius 1 is 1.31 bits per heavy atom. The molecule has 0 unspecified atom stereocenters. The Hall–Kier alpha value is -1.10. The van der Waals surface area contributed by atoms with Crippen LogP contribution in [-0.4, -0.2) is 16.9 Å². The van der Waals surface area contributed by atoms with Crippen molar-refractivity contribution in [2.45, 2.75) is 39.7 Å². The molecule has 3 nitrogen and oxygen atoms in total. The zero-order valence-electron chi connectivity index (χ0n) is 15.1. The van der Waals surface area contributed by atoms with Crippen LogP contribution in [0, 0.1) is 23.2 Å². The molecule has 0 radical (unpaired) electrons. The van der Waals surface area contributed by atoms with Crippen molar-refractivity contribution in [1.82, 2.24) is 10.3 Å². The lowest BCUT2D eigenvalue weighted by atomic mass is 9.45. The van der Waals surface area contributed by atoms with Crippen molar-refractivity contribution < 1.29 is 4.79 Å². The van der Waals surface area contributed by atoms with Crippen LogP contribution in [0.4, 0.5) is 0 Å². The number of nitrogens with zero attached hydrogens (tertiary/aromatic N) is 1. The molecule has 1 heterocycles. The zero-order valence-corrected chi connectivity index (χ0v) is 17.4. The molecule has 1 aromatic heterocycles. The molecule has 5 rings (SSSR count). The van der Waals surface area contributed by atoms with Gasteiger partial charge in [-0.15, -0.1) is 11.3 Å². The number of carbonyl (C=O) groups excluding carboxylic acids is 1. The van der Waals surface area contributed by atoms with Gasteiger partial charge in [-0.1, -0.05) is 56.1 Å². The number of thiazole rings is 1. The molecule has 1 aromatic carbocycles. The fourth-order valence-corrected chi connectivity index (χ4v) is 6.03. The summed E-state index contributed by atoms with van der Waals surface area (Å²) >= 11 is 13.8. The lowest BCUT2D eigenvalue weighted by Crippen LogP contribution is -2.60. The van der Waals surface area contributed by atoms with Crippen LogP contribution in [0.3, 0.4) is 0 Å². The van der Waals surface area contributed by atoms with Gasteiger partial charge in [-0.2, -0.15) is 0 Å². The molecule has 1 N–H and O–H groups in total. The van der Waals surface area contributed by atoms with Gasteiger partial charge in [-0.25, -0.2) is 4.98 Å². The zero-order chi connectivity index (χ0) is 18.6. The van der Waals surface area contributed by atoms with E-state index in [1.165, 1.54) is 17.8 Å². The van der Waals surface area contributed by atoms with Gasteiger partial charge < -0.3 is 5.32 Å². The summed E-state index contributed by atoms with van der Waals surface area (Å²) in [6, 6.07) is 5.68. The Balaban J connectivity index is 1.49. The fraction of sp³-hybridized carbons (Fsp3) is 0.500. The number of aromatic nitrogens is 1. The molecule has 0 aliphatic heterocycles. The molecule has 3 aliphatic rings. The Morgan fingerprint density at radius 2 is 2.08 bits per heavy atom. The molecular formula is C20H22Cl2N2OS. The van der Waals surface area contributed by atoms with Gasteiger partial charge in [-0.05, 0) is 42.1 Å². The number of fused-ring (bicyclic) bond motifs is 2. The minimum Gasteiger partial charge on any atom is -0.348 e. The van der Waals surface area contributed by atoms with Crippen molar-refractivity contribution in [3.63, 3.8) is 0 Å². The van der Waals surface area contributed by atoms with Crippen LogP contribution in [-0.2, 0) is 0 Å². The van der Waals surface area contributed by atoms with E-state index in [9.17, 15) is 4.79 Å². The number of nitrogens with one attached hydrogen (secondary N) is 1. The molecule has 3 saturated carbocycles. The van der Waals surface area contributed by atoms with E-state index in [0.29, 0.717) is 43.9 Å². The molecule has 3 aliphatic carbocycles. The summed E-state index contributed by atoms with van der Waals surface area (Å²) in [6.45, 7) is 6.99. The van der Waals surface area contributed by atoms with Crippen molar-refractivity contribution in [2.24, 2.45) is 23.2 Å². The Morgan fingerprint density at radius 3 is 2.77 bits per heavy atom. The monoisotopic (exact) mass is 408 g/mol. The van der Waals surface area contributed by atoms with Gasteiger partial charge in [0.1, 0.15) is 10.7 Å². The van der Waals surface area contributed by atoms with E-state index in [0.717, 1.165) is 12.0 Å². The first-order valence-electron chi connectivity index (χ1n) is 8.99. The molecule has 1 amide bonds. The number of hydrogen-bond acceptors (Lipinski definition) is 3. The van der Waals surface area contributed by atoms with Crippen LogP contribution in [0.1, 0.15) is 44.1 Å². The lowest BCUT2D eigenvalue weighted by molar-refractivity contribution is -0.113. The number of amides is 1. The van der Waals surface area contributed by atoms with Gasteiger partial charge in [0.05, 0.1) is 10.0 Å². The van der Waals surface area contributed by atoms with E-state index in [1.807, 2.05) is 12.1 Å². The highest BCUT2D eigenvalue weighted by Crippen LogP contribution is 2.61. The number of halogens is 2. The highest BCUT2D eigenvalue weighted by molar-refractivity contribution is 7.13. The topological polar surface area (TPSA) is 42.0 Å². The van der Waals surface area contributed by atoms with Crippen molar-refractivity contribution >= 4 is 40.4 Å². The summed E-state index contributed by atoms with van der Waals surface area (Å²) < 4.78 is 0. The molecule has 6 heteroatoms. The number of benzene rings is 1. The minimum absolute atomic E-state index is 0.0957. The Labute approximate surface area is 168 Å². The second-order valence-corrected chi connectivity index (χ2v) is 9.82. The highest BCUT2D eigenvalue weighted by Gasteiger charge is 2.56. The van der Waals surface area contributed by atoms with Crippen molar-refractivity contribution in [3.8, 4) is 10.6 Å². The Kier molecular flexibility index (Phi) is 4.57. The number of hydrogen-bond donors (Lipinski definition) is 1. The third kappa shape index (κ3) is 2.87. The highest BCUT2D eigenvalue weighted by atomic mass is 35.5. The van der Waals surface area contributed by atoms with Gasteiger partial charge in [0.2, 0.25) is 0 Å². The van der Waals surface area contributed by atoms with Gasteiger partial charge >= 0.3 is 0 Å². The smallest absolute Gasteiger partial charge is 0.271 e. The number of carbonyl (C=O) groups is 1. The summed E-state index contributed by atoms with van der Waals surface area (Å²) in [5.74, 6) is 1.81. The van der Waals surface area contributed by atoms with Crippen LogP contribution in [0.2, 0.25) is 10.0 Å². The van der Waals surface area contributed by atoms with Crippen LogP contribution >= 0.6 is 34.5 Å². The third-order valence-corrected chi connectivity index (χ3v) is 8.28. The molecule has 26 heavy (non-hydrogen) atoms. The van der Waals surface area contributed by atoms with Gasteiger partial charge in [-0.3, -0.25) is 4.79 Å². The molecule has 2 bridgehead atoms. The van der Waals surface area contributed by atoms with Crippen LogP contribution in [0.25, 0.3) is 10.6 Å². The number of rotatable bonds is 3. The van der Waals surface area contributed by atoms with Gasteiger partial charge in [0.15, 0.2) is 0 Å². The summed E-state index contributed by atoms with van der Waals surface area (Å²) in [4.78, 5) is 17.2. The SMILES string of the molecule is C[C@@H]1[C@H]2C[C@@H](C[C@H]1NC(=O)c1csc(-c3cccc(Cl)c3Cl)n1)C2(C)C. The maximum absolute atomic E-state index is 12.7. The standard InChI is InChI=1S/C20H22Cl2N2OS/c1-10-13-7-11(20(13,2)3)8-15(10)23-18(25)16-9-26-19(24-16)12-5-4-6-14(21)17(12)22/h4-6,9-11,13,15H,7-8H2,1-3H3,(H,23,25)/t10-,11+,13-,15-/m1/s1. The van der Waals surface area contributed by atoms with Gasteiger partial charge in [0.25, 0.3) is 5.91 Å². The Bertz CT molecular complexity index is 863. The third-order valence-electron chi connectivity index (χ3n) is 6.59. The summed E-state index contributed by atoms with van der Waals surface area (Å²) in [5, 5.41) is 6.68. The first kappa shape index (κ1) is 18.3. The molecular weight excluding hydrogens is 387 g/mol. The molecule has 138 valence electrons. The van der Waals surface area contributed by atoms with Crippen molar-refractivity contribution in [2.75, 3.05) is 0 Å². The van der Waals surface area contributed by atoms with E-state index in [1.54, 1.807) is 11.4 Å². The average molecular weight is 409 g/mol. The lowest BCUT2D eigenvalue weighted by Gasteiger charge is -2.62. The quantitative estimate of drug-likeness (QED) is 0.684. The van der Waals surface area contributed by atoms with E-state index >= 15 is 0 Å². The second-order valence-electron chi connectivity index (χ2n) is 8.17. The molecule has 2 aromatic rings.